The quantitative estimate of drug-likeness (QED) is 0.479. The molecule has 1 aromatic heterocycles. The molecule has 0 aliphatic carbocycles. The first-order valence-corrected chi connectivity index (χ1v) is 10.5. The van der Waals surface area contributed by atoms with Crippen LogP contribution in [-0.4, -0.2) is 49.2 Å². The summed E-state index contributed by atoms with van der Waals surface area (Å²) in [7, 11) is 0. The molecule has 5 rings (SSSR count). The minimum atomic E-state index is 0.759. The number of H-pyrrole nitrogens is 1. The molecule has 4 aromatic rings. The minimum Gasteiger partial charge on any atom is -0.493 e. The van der Waals surface area contributed by atoms with Crippen LogP contribution in [0.2, 0.25) is 0 Å². The van der Waals surface area contributed by atoms with Gasteiger partial charge in [-0.15, -0.1) is 0 Å². The van der Waals surface area contributed by atoms with Gasteiger partial charge in [-0.05, 0) is 47.5 Å². The molecule has 1 aliphatic heterocycles. The molecule has 2 heterocycles. The maximum absolute atomic E-state index is 6.04. The first kappa shape index (κ1) is 18.1. The predicted octanol–water partition coefficient (Wildman–Crippen LogP) is 4.91. The lowest BCUT2D eigenvalue weighted by molar-refractivity contribution is 0.225. The predicted molar refractivity (Wildman–Crippen MR) is 121 cm³/mol. The molecule has 0 radical (unpaired) electrons. The Balaban J connectivity index is 1.10. The summed E-state index contributed by atoms with van der Waals surface area (Å²) in [5, 5.41) is 3.80. The van der Waals surface area contributed by atoms with Gasteiger partial charge >= 0.3 is 0 Å². The van der Waals surface area contributed by atoms with Crippen molar-refractivity contribution in [3.05, 3.63) is 72.9 Å². The average molecular weight is 386 g/mol. The highest BCUT2D eigenvalue weighted by Gasteiger charge is 2.17. The van der Waals surface area contributed by atoms with Crippen LogP contribution in [0.5, 0.6) is 5.75 Å². The van der Waals surface area contributed by atoms with Crippen LogP contribution in [0, 0.1) is 0 Å². The molecule has 4 heteroatoms. The van der Waals surface area contributed by atoms with Crippen LogP contribution in [0.25, 0.3) is 21.7 Å². The van der Waals surface area contributed by atoms with E-state index in [1.165, 1.54) is 16.5 Å². The SMILES string of the molecule is c1ccc2cc(N3CCN(CCCOc4cccc5[nH]ccc45)CC3)ccc2c1. The van der Waals surface area contributed by atoms with Gasteiger partial charge in [-0.2, -0.15) is 0 Å². The maximum atomic E-state index is 6.04. The minimum absolute atomic E-state index is 0.759. The second-order valence-corrected chi connectivity index (χ2v) is 7.76. The van der Waals surface area contributed by atoms with Gasteiger partial charge in [-0.1, -0.05) is 36.4 Å². The topological polar surface area (TPSA) is 31.5 Å². The van der Waals surface area contributed by atoms with Gasteiger partial charge in [-0.25, -0.2) is 0 Å². The molecule has 1 aliphatic rings. The zero-order valence-electron chi connectivity index (χ0n) is 16.7. The third-order valence-electron chi connectivity index (χ3n) is 5.90. The van der Waals surface area contributed by atoms with Crippen molar-refractivity contribution in [2.75, 3.05) is 44.2 Å². The van der Waals surface area contributed by atoms with E-state index < -0.39 is 0 Å². The number of aromatic amines is 1. The van der Waals surface area contributed by atoms with Crippen LogP contribution in [0.15, 0.2) is 72.9 Å². The van der Waals surface area contributed by atoms with E-state index in [2.05, 4.69) is 75.4 Å². The van der Waals surface area contributed by atoms with Crippen molar-refractivity contribution in [3.63, 3.8) is 0 Å². The average Bonchev–Trinajstić information content (AvgIpc) is 3.26. The molecule has 0 unspecified atom stereocenters. The van der Waals surface area contributed by atoms with Gasteiger partial charge in [-0.3, -0.25) is 4.90 Å². The number of aromatic nitrogens is 1. The number of anilines is 1. The Morgan fingerprint density at radius 1 is 0.828 bits per heavy atom. The highest BCUT2D eigenvalue weighted by molar-refractivity contribution is 5.86. The van der Waals surface area contributed by atoms with E-state index in [0.29, 0.717) is 0 Å². The molecule has 1 N–H and O–H groups in total. The fourth-order valence-corrected chi connectivity index (χ4v) is 4.26. The summed E-state index contributed by atoms with van der Waals surface area (Å²) < 4.78 is 6.04. The summed E-state index contributed by atoms with van der Waals surface area (Å²) in [6.07, 6.45) is 3.02. The Morgan fingerprint density at radius 2 is 1.69 bits per heavy atom. The maximum Gasteiger partial charge on any atom is 0.128 e. The normalized spacial score (nSPS) is 15.2. The van der Waals surface area contributed by atoms with Crippen LogP contribution < -0.4 is 9.64 Å². The molecule has 3 aromatic carbocycles. The summed E-state index contributed by atoms with van der Waals surface area (Å²) in [6, 6.07) is 23.7. The van der Waals surface area contributed by atoms with E-state index >= 15 is 0 Å². The van der Waals surface area contributed by atoms with Crippen molar-refractivity contribution in [1.29, 1.82) is 0 Å². The Bertz CT molecular complexity index is 1100. The first-order chi connectivity index (χ1) is 14.4. The highest BCUT2D eigenvalue weighted by Crippen LogP contribution is 2.25. The van der Waals surface area contributed by atoms with E-state index in [0.717, 1.165) is 62.4 Å². The Morgan fingerprint density at radius 3 is 2.59 bits per heavy atom. The van der Waals surface area contributed by atoms with Crippen molar-refractivity contribution < 1.29 is 4.74 Å². The summed E-state index contributed by atoms with van der Waals surface area (Å²) >= 11 is 0. The molecule has 29 heavy (non-hydrogen) atoms. The molecule has 1 fully saturated rings. The summed E-state index contributed by atoms with van der Waals surface area (Å²) in [6.45, 7) is 6.24. The number of hydrogen-bond acceptors (Lipinski definition) is 3. The third-order valence-corrected chi connectivity index (χ3v) is 5.90. The molecule has 4 nitrogen and oxygen atoms in total. The highest BCUT2D eigenvalue weighted by atomic mass is 16.5. The van der Waals surface area contributed by atoms with Gasteiger partial charge in [0.15, 0.2) is 0 Å². The summed E-state index contributed by atoms with van der Waals surface area (Å²) in [5.74, 6) is 0.977. The van der Waals surface area contributed by atoms with E-state index in [1.807, 2.05) is 12.3 Å². The van der Waals surface area contributed by atoms with Gasteiger partial charge in [0, 0.05) is 55.5 Å². The number of ether oxygens (including phenoxy) is 1. The third kappa shape index (κ3) is 3.94. The summed E-state index contributed by atoms with van der Waals surface area (Å²) in [4.78, 5) is 8.30. The van der Waals surface area contributed by atoms with Crippen molar-refractivity contribution in [2.24, 2.45) is 0 Å². The van der Waals surface area contributed by atoms with E-state index in [-0.39, 0.29) is 0 Å². The fourth-order valence-electron chi connectivity index (χ4n) is 4.26. The zero-order valence-corrected chi connectivity index (χ0v) is 16.7. The van der Waals surface area contributed by atoms with Gasteiger partial charge < -0.3 is 14.6 Å². The van der Waals surface area contributed by atoms with Crippen LogP contribution >= 0.6 is 0 Å². The smallest absolute Gasteiger partial charge is 0.128 e. The van der Waals surface area contributed by atoms with Gasteiger partial charge in [0.1, 0.15) is 5.75 Å². The first-order valence-electron chi connectivity index (χ1n) is 10.5. The molecule has 0 saturated carbocycles. The van der Waals surface area contributed by atoms with E-state index in [9.17, 15) is 0 Å². The van der Waals surface area contributed by atoms with Crippen molar-refractivity contribution >= 4 is 27.4 Å². The standard InChI is InChI=1S/C25H27N3O/c1-2-6-21-19-22(10-9-20(21)5-1)28-16-14-27(15-17-28)13-4-18-29-25-8-3-7-24-23(25)11-12-26-24/h1-3,5-12,19,26H,4,13-18H2. The van der Waals surface area contributed by atoms with Crippen molar-refractivity contribution in [2.45, 2.75) is 6.42 Å². The lowest BCUT2D eigenvalue weighted by Crippen LogP contribution is -2.46. The number of nitrogens with one attached hydrogen (secondary N) is 1. The lowest BCUT2D eigenvalue weighted by Gasteiger charge is -2.36. The molecular weight excluding hydrogens is 358 g/mol. The number of nitrogens with zero attached hydrogens (tertiary/aromatic N) is 2. The molecule has 1 saturated heterocycles. The van der Waals surface area contributed by atoms with Gasteiger partial charge in [0.05, 0.1) is 6.61 Å². The fraction of sp³-hybridized carbons (Fsp3) is 0.280. The zero-order chi connectivity index (χ0) is 19.5. The van der Waals surface area contributed by atoms with Gasteiger partial charge in [0.25, 0.3) is 0 Å². The summed E-state index contributed by atoms with van der Waals surface area (Å²) in [5.41, 5.74) is 2.47. The Kier molecular flexibility index (Phi) is 5.10. The van der Waals surface area contributed by atoms with Gasteiger partial charge in [0.2, 0.25) is 0 Å². The molecular formula is C25H27N3O. The lowest BCUT2D eigenvalue weighted by atomic mass is 10.1. The largest absolute Gasteiger partial charge is 0.493 e. The molecule has 0 bridgehead atoms. The number of rotatable bonds is 6. The molecule has 0 amide bonds. The van der Waals surface area contributed by atoms with Crippen molar-refractivity contribution in [3.8, 4) is 5.75 Å². The van der Waals surface area contributed by atoms with Crippen molar-refractivity contribution in [1.82, 2.24) is 9.88 Å². The number of piperazine rings is 1. The molecule has 148 valence electrons. The van der Waals surface area contributed by atoms with E-state index in [1.54, 1.807) is 0 Å². The number of hydrogen-bond donors (Lipinski definition) is 1. The van der Waals surface area contributed by atoms with Crippen LogP contribution in [0.3, 0.4) is 0 Å². The van der Waals surface area contributed by atoms with Crippen LogP contribution in [-0.2, 0) is 0 Å². The Hall–Kier alpha value is -2.98. The van der Waals surface area contributed by atoms with Crippen LogP contribution in [0.4, 0.5) is 5.69 Å². The second kappa shape index (κ2) is 8.18. The Labute approximate surface area is 171 Å². The van der Waals surface area contributed by atoms with Crippen LogP contribution in [0.1, 0.15) is 6.42 Å². The second-order valence-electron chi connectivity index (χ2n) is 7.76. The molecule has 0 atom stereocenters. The molecule has 0 spiro atoms. The number of fused-ring (bicyclic) bond motifs is 2. The van der Waals surface area contributed by atoms with E-state index in [4.69, 9.17) is 4.74 Å². The monoisotopic (exact) mass is 385 g/mol. The number of benzene rings is 3.